The summed E-state index contributed by atoms with van der Waals surface area (Å²) in [6.07, 6.45) is 5.88. The Morgan fingerprint density at radius 3 is 2.29 bits per heavy atom. The van der Waals surface area contributed by atoms with E-state index >= 15 is 0 Å². The summed E-state index contributed by atoms with van der Waals surface area (Å²) in [5, 5.41) is 0. The molecule has 2 saturated carbocycles. The number of hydrogen-bond acceptors (Lipinski definition) is 4. The number of rotatable bonds is 4. The molecule has 5 rings (SSSR count). The van der Waals surface area contributed by atoms with Crippen LogP contribution in [0.2, 0.25) is 0 Å². The van der Waals surface area contributed by atoms with Crippen LogP contribution in [-0.4, -0.2) is 24.6 Å². The van der Waals surface area contributed by atoms with Gasteiger partial charge in [-0.3, -0.25) is 4.79 Å². The minimum Gasteiger partial charge on any atom is -0.466 e. The minimum atomic E-state index is -4.39. The summed E-state index contributed by atoms with van der Waals surface area (Å²) in [5.74, 6) is 0.575. The van der Waals surface area contributed by atoms with Gasteiger partial charge in [0.1, 0.15) is 5.60 Å². The van der Waals surface area contributed by atoms with E-state index in [9.17, 15) is 22.8 Å². The largest absolute Gasteiger partial charge is 0.466 e. The summed E-state index contributed by atoms with van der Waals surface area (Å²) in [4.78, 5) is 26.1. The minimum absolute atomic E-state index is 0.0703. The number of ether oxygens (including phenoxy) is 2. The van der Waals surface area contributed by atoms with Gasteiger partial charge in [0.05, 0.1) is 18.6 Å². The molecule has 224 valence electrons. The Balaban J connectivity index is 1.42. The molecule has 0 aromatic heterocycles. The lowest BCUT2D eigenvalue weighted by Crippen LogP contribution is -2.51. The molecule has 4 nitrogen and oxygen atoms in total. The zero-order chi connectivity index (χ0) is 30.0. The average Bonchev–Trinajstić information content (AvgIpc) is 3.24. The van der Waals surface area contributed by atoms with E-state index in [-0.39, 0.29) is 34.6 Å². The van der Waals surface area contributed by atoms with Crippen molar-refractivity contribution in [1.82, 2.24) is 0 Å². The molecule has 4 aliphatic carbocycles. The van der Waals surface area contributed by atoms with Crippen LogP contribution < -0.4 is 0 Å². The van der Waals surface area contributed by atoms with Crippen molar-refractivity contribution in [2.45, 2.75) is 91.3 Å². The van der Waals surface area contributed by atoms with E-state index < -0.39 is 17.3 Å². The van der Waals surface area contributed by atoms with Crippen LogP contribution in [0, 0.1) is 40.4 Å². The normalized spacial score (nSPS) is 34.9. The molecule has 7 heteroatoms. The number of hydrogen-bond donors (Lipinski definition) is 0. The number of esters is 2. The Kier molecular flexibility index (Phi) is 7.52. The maximum Gasteiger partial charge on any atom is 0.416 e. The first-order valence-electron chi connectivity index (χ1n) is 15.0. The van der Waals surface area contributed by atoms with Gasteiger partial charge in [-0.25, -0.2) is 4.79 Å². The number of methoxy groups -OCH3 is 1. The predicted molar refractivity (Wildman–Crippen MR) is 151 cm³/mol. The lowest BCUT2D eigenvalue weighted by atomic mass is 9.47. The second-order valence-corrected chi connectivity index (χ2v) is 14.3. The van der Waals surface area contributed by atoms with Crippen molar-refractivity contribution in [3.63, 3.8) is 0 Å². The predicted octanol–water partition coefficient (Wildman–Crippen LogP) is 8.10. The van der Waals surface area contributed by atoms with Crippen LogP contribution in [0.15, 0.2) is 47.6 Å². The van der Waals surface area contributed by atoms with Crippen molar-refractivity contribution < 1.29 is 32.2 Å². The standard InChI is InChI=1S/C34H43F3O4/c1-31(2,3)41-30(39)28-14-13-26-24-12-11-23-18-25(29(38)40-6)21(17-20-7-9-22(10-8-20)34(35,36)37)19-33(23,5)27(24)15-16-32(26,28)4/h7-11,18,21,24,26-28H,12-17,19H2,1-6H3/t21-,24+,26+,27+,28-,32+,33+/m1/s1. The quantitative estimate of drug-likeness (QED) is 0.342. The first kappa shape index (κ1) is 29.9. The Morgan fingerprint density at radius 1 is 1.00 bits per heavy atom. The summed E-state index contributed by atoms with van der Waals surface area (Å²) in [6, 6.07) is 5.28. The van der Waals surface area contributed by atoms with Gasteiger partial charge in [0.25, 0.3) is 0 Å². The van der Waals surface area contributed by atoms with Crippen LogP contribution in [0.5, 0.6) is 0 Å². The number of alkyl halides is 3. The fraction of sp³-hybridized carbons (Fsp3) is 0.647. The summed E-state index contributed by atoms with van der Waals surface area (Å²) < 4.78 is 50.4. The van der Waals surface area contributed by atoms with Gasteiger partial charge in [-0.1, -0.05) is 32.1 Å². The molecule has 0 N–H and O–H groups in total. The fourth-order valence-corrected chi connectivity index (χ4v) is 8.92. The molecule has 0 spiro atoms. The summed E-state index contributed by atoms with van der Waals surface area (Å²) in [5.41, 5.74) is 1.11. The third-order valence-electron chi connectivity index (χ3n) is 10.8. The number of halogens is 3. The Hall–Kier alpha value is -2.57. The van der Waals surface area contributed by atoms with E-state index in [1.54, 1.807) is 0 Å². The van der Waals surface area contributed by atoms with Crippen molar-refractivity contribution in [3.8, 4) is 0 Å². The molecule has 2 fully saturated rings. The van der Waals surface area contributed by atoms with Crippen LogP contribution in [0.25, 0.3) is 0 Å². The van der Waals surface area contributed by atoms with Gasteiger partial charge < -0.3 is 9.47 Å². The highest BCUT2D eigenvalue weighted by Crippen LogP contribution is 2.66. The third-order valence-corrected chi connectivity index (χ3v) is 10.8. The molecule has 4 aliphatic rings. The van der Waals surface area contributed by atoms with Crippen LogP contribution in [0.3, 0.4) is 0 Å². The van der Waals surface area contributed by atoms with Crippen molar-refractivity contribution in [2.75, 3.05) is 7.11 Å². The molecule has 0 bridgehead atoms. The lowest BCUT2D eigenvalue weighted by molar-refractivity contribution is -0.166. The van der Waals surface area contributed by atoms with Gasteiger partial charge in [-0.2, -0.15) is 13.2 Å². The van der Waals surface area contributed by atoms with Crippen LogP contribution >= 0.6 is 0 Å². The van der Waals surface area contributed by atoms with E-state index in [4.69, 9.17) is 9.47 Å². The maximum atomic E-state index is 13.2. The molecule has 0 heterocycles. The molecular weight excluding hydrogens is 529 g/mol. The van der Waals surface area contributed by atoms with Crippen molar-refractivity contribution in [2.24, 2.45) is 40.4 Å². The molecule has 0 aliphatic heterocycles. The molecule has 0 radical (unpaired) electrons. The van der Waals surface area contributed by atoms with Gasteiger partial charge in [0.15, 0.2) is 0 Å². The number of fused-ring (bicyclic) bond motifs is 5. The average molecular weight is 573 g/mol. The highest BCUT2D eigenvalue weighted by atomic mass is 19.4. The highest BCUT2D eigenvalue weighted by molar-refractivity contribution is 5.90. The van der Waals surface area contributed by atoms with Crippen molar-refractivity contribution >= 4 is 11.9 Å². The summed E-state index contributed by atoms with van der Waals surface area (Å²) >= 11 is 0. The van der Waals surface area contributed by atoms with Gasteiger partial charge >= 0.3 is 18.1 Å². The maximum absolute atomic E-state index is 13.2. The van der Waals surface area contributed by atoms with Crippen molar-refractivity contribution in [3.05, 3.63) is 58.7 Å². The molecule has 1 aromatic rings. The van der Waals surface area contributed by atoms with Crippen LogP contribution in [0.4, 0.5) is 13.2 Å². The third kappa shape index (κ3) is 5.38. The fourth-order valence-electron chi connectivity index (χ4n) is 8.92. The zero-order valence-electron chi connectivity index (χ0n) is 25.1. The molecule has 7 atom stereocenters. The summed E-state index contributed by atoms with van der Waals surface area (Å²) in [6.45, 7) is 10.4. The first-order valence-corrected chi connectivity index (χ1v) is 15.0. The Morgan fingerprint density at radius 2 is 1.68 bits per heavy atom. The summed E-state index contributed by atoms with van der Waals surface area (Å²) in [7, 11) is 1.38. The molecule has 0 amide bonds. The second-order valence-electron chi connectivity index (χ2n) is 14.3. The highest BCUT2D eigenvalue weighted by Gasteiger charge is 2.60. The second kappa shape index (κ2) is 10.3. The smallest absolute Gasteiger partial charge is 0.416 e. The van der Waals surface area contributed by atoms with Gasteiger partial charge in [-0.15, -0.1) is 0 Å². The number of carbonyl (C=O) groups excluding carboxylic acids is 2. The van der Waals surface area contributed by atoms with Gasteiger partial charge in [0.2, 0.25) is 0 Å². The van der Waals surface area contributed by atoms with E-state index in [1.165, 1.54) is 24.8 Å². The molecule has 41 heavy (non-hydrogen) atoms. The number of benzene rings is 1. The monoisotopic (exact) mass is 572 g/mol. The molecular formula is C34H43F3O4. The SMILES string of the molecule is COC(=O)C1=CC2=CC[C@H]3[C@@H]4CC[C@H](C(=O)OC(C)(C)C)[C@@]4(C)CC[C@@H]3[C@@]2(C)C[C@H]1Cc1ccc(C(F)(F)F)cc1. The molecule has 0 saturated heterocycles. The van der Waals surface area contributed by atoms with Crippen LogP contribution in [-0.2, 0) is 31.7 Å². The molecule has 1 aromatic carbocycles. The Bertz CT molecular complexity index is 1250. The Labute approximate surface area is 241 Å². The van der Waals surface area contributed by atoms with E-state index in [0.717, 1.165) is 56.2 Å². The number of carbonyl (C=O) groups is 2. The van der Waals surface area contributed by atoms with Gasteiger partial charge in [-0.05, 0) is 130 Å². The van der Waals surface area contributed by atoms with E-state index in [1.807, 2.05) is 26.8 Å². The van der Waals surface area contributed by atoms with Gasteiger partial charge in [0, 0.05) is 5.57 Å². The zero-order valence-corrected chi connectivity index (χ0v) is 25.1. The van der Waals surface area contributed by atoms with E-state index in [2.05, 4.69) is 19.9 Å². The molecule has 0 unspecified atom stereocenters. The van der Waals surface area contributed by atoms with E-state index in [0.29, 0.717) is 29.7 Å². The van der Waals surface area contributed by atoms with Crippen molar-refractivity contribution in [1.29, 1.82) is 0 Å². The van der Waals surface area contributed by atoms with Crippen LogP contribution in [0.1, 0.15) is 84.3 Å². The topological polar surface area (TPSA) is 52.6 Å². The number of allylic oxidation sites excluding steroid dienone is 3. The first-order chi connectivity index (χ1) is 19.1. The lowest BCUT2D eigenvalue weighted by Gasteiger charge is -2.57.